The summed E-state index contributed by atoms with van der Waals surface area (Å²) in [5.74, 6) is 2.07. The number of pyridine rings is 1. The number of carbonyl (C=O) groups excluding carboxylic acids is 1. The highest BCUT2D eigenvalue weighted by atomic mass is 16.5. The highest BCUT2D eigenvalue weighted by Gasteiger charge is 2.34. The van der Waals surface area contributed by atoms with E-state index in [1.807, 2.05) is 17.0 Å². The van der Waals surface area contributed by atoms with Gasteiger partial charge in [-0.3, -0.25) is 9.78 Å². The van der Waals surface area contributed by atoms with Crippen LogP contribution in [-0.2, 0) is 0 Å². The van der Waals surface area contributed by atoms with Crippen LogP contribution in [-0.4, -0.2) is 34.0 Å². The summed E-state index contributed by atoms with van der Waals surface area (Å²) in [4.78, 5) is 18.7. The van der Waals surface area contributed by atoms with Gasteiger partial charge in [-0.15, -0.1) is 0 Å². The fourth-order valence-corrected chi connectivity index (χ4v) is 3.97. The minimum atomic E-state index is -0.00656. The molecule has 0 spiro atoms. The van der Waals surface area contributed by atoms with Gasteiger partial charge in [0, 0.05) is 37.1 Å². The van der Waals surface area contributed by atoms with Crippen molar-refractivity contribution in [1.82, 2.24) is 15.0 Å². The predicted molar refractivity (Wildman–Crippen MR) is 85.7 cm³/mol. The first-order chi connectivity index (χ1) is 11.3. The molecule has 1 saturated heterocycles. The number of hydrogen-bond acceptors (Lipinski definition) is 4. The average molecular weight is 311 g/mol. The number of aromatic nitrogens is 2. The maximum atomic E-state index is 12.7. The molecule has 2 unspecified atom stereocenters. The zero-order valence-corrected chi connectivity index (χ0v) is 13.1. The minimum Gasteiger partial charge on any atom is -0.355 e. The lowest BCUT2D eigenvalue weighted by Crippen LogP contribution is -2.44. The molecule has 1 amide bonds. The van der Waals surface area contributed by atoms with Crippen molar-refractivity contribution in [3.05, 3.63) is 36.3 Å². The van der Waals surface area contributed by atoms with Crippen molar-refractivity contribution in [2.24, 2.45) is 11.8 Å². The van der Waals surface area contributed by atoms with Crippen LogP contribution in [0.5, 0.6) is 0 Å². The number of piperidine rings is 1. The van der Waals surface area contributed by atoms with Gasteiger partial charge in [-0.2, -0.15) is 0 Å². The van der Waals surface area contributed by atoms with Crippen molar-refractivity contribution in [2.75, 3.05) is 13.1 Å². The third-order valence-electron chi connectivity index (χ3n) is 5.25. The fourth-order valence-electron chi connectivity index (χ4n) is 3.97. The van der Waals surface area contributed by atoms with Crippen LogP contribution >= 0.6 is 0 Å². The van der Waals surface area contributed by atoms with E-state index >= 15 is 0 Å². The molecular weight excluding hydrogens is 290 g/mol. The Morgan fingerprint density at radius 2 is 2.09 bits per heavy atom. The molecule has 4 rings (SSSR count). The monoisotopic (exact) mass is 311 g/mol. The molecule has 0 radical (unpaired) electrons. The summed E-state index contributed by atoms with van der Waals surface area (Å²) in [6, 6.07) is 5.47. The Morgan fingerprint density at radius 3 is 2.91 bits per heavy atom. The summed E-state index contributed by atoms with van der Waals surface area (Å²) in [6.07, 6.45) is 9.80. The molecule has 120 valence electrons. The quantitative estimate of drug-likeness (QED) is 0.853. The van der Waals surface area contributed by atoms with Gasteiger partial charge in [0.1, 0.15) is 0 Å². The summed E-state index contributed by atoms with van der Waals surface area (Å²) < 4.78 is 5.33. The van der Waals surface area contributed by atoms with Crippen molar-refractivity contribution in [2.45, 2.75) is 32.1 Å². The van der Waals surface area contributed by atoms with Crippen LogP contribution in [0.1, 0.15) is 42.6 Å². The van der Waals surface area contributed by atoms with Crippen molar-refractivity contribution < 1.29 is 9.32 Å². The molecule has 23 heavy (non-hydrogen) atoms. The smallest absolute Gasteiger partial charge is 0.276 e. The van der Waals surface area contributed by atoms with Crippen LogP contribution in [0.15, 0.2) is 35.1 Å². The van der Waals surface area contributed by atoms with Crippen LogP contribution in [0.25, 0.3) is 11.3 Å². The van der Waals surface area contributed by atoms with E-state index in [2.05, 4.69) is 10.1 Å². The van der Waals surface area contributed by atoms with Gasteiger partial charge in [-0.05, 0) is 36.8 Å². The highest BCUT2D eigenvalue weighted by molar-refractivity contribution is 5.93. The van der Waals surface area contributed by atoms with Gasteiger partial charge in [-0.1, -0.05) is 24.4 Å². The van der Waals surface area contributed by atoms with Crippen LogP contribution in [0.2, 0.25) is 0 Å². The van der Waals surface area contributed by atoms with Gasteiger partial charge in [0.05, 0.1) is 0 Å². The van der Waals surface area contributed by atoms with Crippen molar-refractivity contribution >= 4 is 5.91 Å². The third kappa shape index (κ3) is 2.87. The Kier molecular flexibility index (Phi) is 3.85. The second kappa shape index (κ2) is 6.14. The molecule has 2 fully saturated rings. The summed E-state index contributed by atoms with van der Waals surface area (Å²) in [6.45, 7) is 1.72. The standard InChI is InChI=1S/C18H21N3O2/c22-18(21-9-7-13-4-1-2-5-15(13)12-21)16-10-17(23-20-16)14-6-3-8-19-11-14/h3,6,8,10-11,13,15H,1-2,4-5,7,9,12H2. The van der Waals surface area contributed by atoms with Crippen LogP contribution in [0.3, 0.4) is 0 Å². The number of amides is 1. The maximum absolute atomic E-state index is 12.7. The van der Waals surface area contributed by atoms with Crippen LogP contribution in [0.4, 0.5) is 0 Å². The van der Waals surface area contributed by atoms with E-state index in [9.17, 15) is 4.79 Å². The third-order valence-corrected chi connectivity index (χ3v) is 5.25. The molecule has 2 aromatic heterocycles. The number of carbonyl (C=O) groups is 1. The van der Waals surface area contributed by atoms with E-state index in [1.54, 1.807) is 18.5 Å². The maximum Gasteiger partial charge on any atom is 0.276 e. The molecule has 3 heterocycles. The SMILES string of the molecule is O=C(c1cc(-c2cccnc2)on1)N1CCC2CCCCC2C1. The Labute approximate surface area is 135 Å². The minimum absolute atomic E-state index is 0.00656. The number of nitrogens with zero attached hydrogens (tertiary/aromatic N) is 3. The van der Waals surface area contributed by atoms with Gasteiger partial charge < -0.3 is 9.42 Å². The topological polar surface area (TPSA) is 59.2 Å². The molecular formula is C18H21N3O2. The molecule has 0 N–H and O–H groups in total. The molecule has 0 aromatic carbocycles. The molecule has 0 bridgehead atoms. The summed E-state index contributed by atoms with van der Waals surface area (Å²) in [5.41, 5.74) is 1.24. The number of fused-ring (bicyclic) bond motifs is 1. The van der Waals surface area contributed by atoms with Gasteiger partial charge >= 0.3 is 0 Å². The summed E-state index contributed by atoms with van der Waals surface area (Å²) in [7, 11) is 0. The Hall–Kier alpha value is -2.17. The first-order valence-electron chi connectivity index (χ1n) is 8.47. The zero-order chi connectivity index (χ0) is 15.6. The van der Waals surface area contributed by atoms with Gasteiger partial charge in [0.2, 0.25) is 0 Å². The number of likely N-dealkylation sites (tertiary alicyclic amines) is 1. The molecule has 1 saturated carbocycles. The van der Waals surface area contributed by atoms with Gasteiger partial charge in [-0.25, -0.2) is 0 Å². The van der Waals surface area contributed by atoms with Gasteiger partial charge in [0.25, 0.3) is 5.91 Å². The highest BCUT2D eigenvalue weighted by Crippen LogP contribution is 2.36. The lowest BCUT2D eigenvalue weighted by molar-refractivity contribution is 0.0512. The molecule has 2 aliphatic rings. The van der Waals surface area contributed by atoms with E-state index in [1.165, 1.54) is 25.7 Å². The summed E-state index contributed by atoms with van der Waals surface area (Å²) >= 11 is 0. The van der Waals surface area contributed by atoms with Crippen molar-refractivity contribution in [1.29, 1.82) is 0 Å². The normalized spacial score (nSPS) is 24.3. The number of hydrogen-bond donors (Lipinski definition) is 0. The van der Waals surface area contributed by atoms with Crippen molar-refractivity contribution in [3.8, 4) is 11.3 Å². The first-order valence-corrected chi connectivity index (χ1v) is 8.47. The zero-order valence-electron chi connectivity index (χ0n) is 13.1. The number of rotatable bonds is 2. The van der Waals surface area contributed by atoms with Gasteiger partial charge in [0.15, 0.2) is 11.5 Å². The van der Waals surface area contributed by atoms with Crippen LogP contribution < -0.4 is 0 Å². The Morgan fingerprint density at radius 1 is 1.22 bits per heavy atom. The van der Waals surface area contributed by atoms with Crippen LogP contribution in [0, 0.1) is 11.8 Å². The van der Waals surface area contributed by atoms with E-state index in [0.29, 0.717) is 17.4 Å². The Bertz CT molecular complexity index is 683. The lowest BCUT2D eigenvalue weighted by Gasteiger charge is -2.41. The predicted octanol–water partition coefficient (Wildman–Crippen LogP) is 3.39. The average Bonchev–Trinajstić information content (AvgIpc) is 3.11. The molecule has 2 atom stereocenters. The molecule has 1 aliphatic carbocycles. The van der Waals surface area contributed by atoms with E-state index in [-0.39, 0.29) is 5.91 Å². The molecule has 5 heteroatoms. The molecule has 1 aliphatic heterocycles. The largest absolute Gasteiger partial charge is 0.355 e. The van der Waals surface area contributed by atoms with E-state index < -0.39 is 0 Å². The lowest BCUT2D eigenvalue weighted by atomic mass is 9.75. The van der Waals surface area contributed by atoms with E-state index in [4.69, 9.17) is 4.52 Å². The summed E-state index contributed by atoms with van der Waals surface area (Å²) in [5, 5.41) is 3.98. The van der Waals surface area contributed by atoms with Crippen molar-refractivity contribution in [3.63, 3.8) is 0 Å². The molecule has 2 aromatic rings. The van der Waals surface area contributed by atoms with E-state index in [0.717, 1.165) is 31.0 Å². The first kappa shape index (κ1) is 14.4. The Balaban J connectivity index is 1.48. The second-order valence-electron chi connectivity index (χ2n) is 6.66. The second-order valence-corrected chi connectivity index (χ2v) is 6.66. The molecule has 5 nitrogen and oxygen atoms in total. The fraction of sp³-hybridized carbons (Fsp3) is 0.500.